The van der Waals surface area contributed by atoms with Gasteiger partial charge in [0.1, 0.15) is 11.5 Å². The Balaban J connectivity index is 2.34. The minimum Gasteiger partial charge on any atom is -0.495 e. The van der Waals surface area contributed by atoms with Crippen molar-refractivity contribution in [3.63, 3.8) is 0 Å². The lowest BCUT2D eigenvalue weighted by molar-refractivity contribution is 0.412. The molecular formula is C14H14Br2N2O2. The zero-order valence-corrected chi connectivity index (χ0v) is 14.2. The van der Waals surface area contributed by atoms with E-state index in [1.807, 2.05) is 24.3 Å². The van der Waals surface area contributed by atoms with Gasteiger partial charge in [-0.3, -0.25) is 0 Å². The normalized spacial score (nSPS) is 10.2. The van der Waals surface area contributed by atoms with Gasteiger partial charge in [-0.15, -0.1) is 0 Å². The summed E-state index contributed by atoms with van der Waals surface area (Å²) in [6.45, 7) is 0. The van der Waals surface area contributed by atoms with E-state index in [-0.39, 0.29) is 0 Å². The van der Waals surface area contributed by atoms with E-state index >= 15 is 0 Å². The molecular weight excluding hydrogens is 388 g/mol. The zero-order chi connectivity index (χ0) is 14.7. The van der Waals surface area contributed by atoms with Crippen LogP contribution < -0.4 is 20.5 Å². The van der Waals surface area contributed by atoms with Gasteiger partial charge in [-0.25, -0.2) is 0 Å². The first-order valence-electron chi connectivity index (χ1n) is 5.78. The molecule has 0 aliphatic rings. The molecule has 0 unspecified atom stereocenters. The number of hydrogen-bond donors (Lipinski definition) is 2. The van der Waals surface area contributed by atoms with Crippen molar-refractivity contribution < 1.29 is 9.47 Å². The molecule has 0 saturated heterocycles. The molecule has 2 rings (SSSR count). The Kier molecular flexibility index (Phi) is 4.77. The van der Waals surface area contributed by atoms with E-state index in [9.17, 15) is 0 Å². The molecule has 3 N–H and O–H groups in total. The number of halogens is 2. The monoisotopic (exact) mass is 400 g/mol. The van der Waals surface area contributed by atoms with Crippen molar-refractivity contribution in [1.82, 2.24) is 0 Å². The molecule has 0 spiro atoms. The Labute approximate surface area is 134 Å². The van der Waals surface area contributed by atoms with E-state index in [4.69, 9.17) is 15.2 Å². The van der Waals surface area contributed by atoms with E-state index in [0.717, 1.165) is 26.1 Å². The molecule has 0 fully saturated rings. The molecule has 2 aromatic rings. The molecule has 2 aromatic carbocycles. The number of nitrogens with one attached hydrogen (secondary N) is 1. The van der Waals surface area contributed by atoms with Crippen LogP contribution in [0.1, 0.15) is 0 Å². The molecule has 20 heavy (non-hydrogen) atoms. The highest BCUT2D eigenvalue weighted by Crippen LogP contribution is 2.36. The average Bonchev–Trinajstić information content (AvgIpc) is 2.43. The van der Waals surface area contributed by atoms with Gasteiger partial charge in [0, 0.05) is 22.3 Å². The van der Waals surface area contributed by atoms with Crippen LogP contribution in [0.25, 0.3) is 0 Å². The van der Waals surface area contributed by atoms with Crippen molar-refractivity contribution in [2.24, 2.45) is 0 Å². The third kappa shape index (κ3) is 3.19. The standard InChI is InChI=1S/C14H14Br2N2O2/c1-19-13-7-12(9(15)6-10(13)16)18-8-3-4-11(17)14(5-8)20-2/h3-7,18H,17H2,1-2H3. The van der Waals surface area contributed by atoms with Gasteiger partial charge in [0.25, 0.3) is 0 Å². The summed E-state index contributed by atoms with van der Waals surface area (Å²) in [6, 6.07) is 9.35. The van der Waals surface area contributed by atoms with Gasteiger partial charge in [-0.2, -0.15) is 0 Å². The van der Waals surface area contributed by atoms with E-state index in [1.54, 1.807) is 20.3 Å². The molecule has 106 valence electrons. The van der Waals surface area contributed by atoms with Gasteiger partial charge in [0.15, 0.2) is 0 Å². The second kappa shape index (κ2) is 6.37. The van der Waals surface area contributed by atoms with Crippen LogP contribution in [0.4, 0.5) is 17.1 Å². The largest absolute Gasteiger partial charge is 0.495 e. The molecule has 0 aromatic heterocycles. The molecule has 0 heterocycles. The zero-order valence-electron chi connectivity index (χ0n) is 11.0. The summed E-state index contributed by atoms with van der Waals surface area (Å²) in [4.78, 5) is 0. The van der Waals surface area contributed by atoms with Crippen LogP contribution in [0, 0.1) is 0 Å². The van der Waals surface area contributed by atoms with E-state index < -0.39 is 0 Å². The van der Waals surface area contributed by atoms with Crippen molar-refractivity contribution in [1.29, 1.82) is 0 Å². The first kappa shape index (κ1) is 15.0. The molecule has 4 nitrogen and oxygen atoms in total. The van der Waals surface area contributed by atoms with Gasteiger partial charge in [0.2, 0.25) is 0 Å². The molecule has 0 radical (unpaired) electrons. The van der Waals surface area contributed by atoms with Crippen LogP contribution in [0.15, 0.2) is 39.3 Å². The first-order valence-corrected chi connectivity index (χ1v) is 7.37. The minimum atomic E-state index is 0.602. The molecule has 6 heteroatoms. The van der Waals surface area contributed by atoms with Crippen molar-refractivity contribution in [2.45, 2.75) is 0 Å². The highest BCUT2D eigenvalue weighted by Gasteiger charge is 2.08. The topological polar surface area (TPSA) is 56.5 Å². The smallest absolute Gasteiger partial charge is 0.143 e. The molecule has 0 atom stereocenters. The van der Waals surface area contributed by atoms with Gasteiger partial charge in [-0.1, -0.05) is 0 Å². The third-order valence-corrected chi connectivity index (χ3v) is 4.03. The number of methoxy groups -OCH3 is 2. The van der Waals surface area contributed by atoms with Crippen LogP contribution in [0.5, 0.6) is 11.5 Å². The minimum absolute atomic E-state index is 0.602. The number of hydrogen-bond acceptors (Lipinski definition) is 4. The summed E-state index contributed by atoms with van der Waals surface area (Å²) < 4.78 is 12.3. The van der Waals surface area contributed by atoms with Crippen LogP contribution in [0.2, 0.25) is 0 Å². The fraction of sp³-hybridized carbons (Fsp3) is 0.143. The first-order chi connectivity index (χ1) is 9.55. The number of benzene rings is 2. The van der Waals surface area contributed by atoms with Gasteiger partial charge < -0.3 is 20.5 Å². The number of rotatable bonds is 4. The van der Waals surface area contributed by atoms with Crippen LogP contribution in [0.3, 0.4) is 0 Å². The predicted octanol–water partition coefficient (Wildman–Crippen LogP) is 4.55. The number of anilines is 3. The summed E-state index contributed by atoms with van der Waals surface area (Å²) in [7, 11) is 3.22. The maximum Gasteiger partial charge on any atom is 0.143 e. The molecule has 0 bridgehead atoms. The third-order valence-electron chi connectivity index (χ3n) is 2.75. The predicted molar refractivity (Wildman–Crippen MR) is 89.1 cm³/mol. The van der Waals surface area contributed by atoms with Gasteiger partial charge >= 0.3 is 0 Å². The fourth-order valence-electron chi connectivity index (χ4n) is 1.73. The lowest BCUT2D eigenvalue weighted by Gasteiger charge is -2.13. The number of nitrogens with two attached hydrogens (primary N) is 1. The summed E-state index contributed by atoms with van der Waals surface area (Å²) in [5, 5.41) is 3.29. The van der Waals surface area contributed by atoms with Gasteiger partial charge in [0.05, 0.1) is 30.1 Å². The second-order valence-electron chi connectivity index (χ2n) is 4.05. The van der Waals surface area contributed by atoms with E-state index in [2.05, 4.69) is 37.2 Å². The Morgan fingerprint density at radius 2 is 1.65 bits per heavy atom. The molecule has 0 saturated carbocycles. The van der Waals surface area contributed by atoms with Crippen molar-refractivity contribution in [2.75, 3.05) is 25.3 Å². The second-order valence-corrected chi connectivity index (χ2v) is 5.76. The highest BCUT2D eigenvalue weighted by molar-refractivity contribution is 9.11. The number of nitrogen functional groups attached to an aromatic ring is 1. The quantitative estimate of drug-likeness (QED) is 0.737. The Morgan fingerprint density at radius 3 is 2.30 bits per heavy atom. The van der Waals surface area contributed by atoms with Crippen molar-refractivity contribution in [3.05, 3.63) is 39.3 Å². The summed E-state index contributed by atoms with van der Waals surface area (Å²) >= 11 is 6.95. The summed E-state index contributed by atoms with van der Waals surface area (Å²) in [5.74, 6) is 1.38. The lowest BCUT2D eigenvalue weighted by atomic mass is 10.2. The van der Waals surface area contributed by atoms with Gasteiger partial charge in [-0.05, 0) is 50.1 Å². The number of ether oxygens (including phenoxy) is 2. The van der Waals surface area contributed by atoms with Crippen LogP contribution in [-0.2, 0) is 0 Å². The Hall–Kier alpha value is -1.40. The Morgan fingerprint density at radius 1 is 0.950 bits per heavy atom. The maximum atomic E-state index is 5.80. The van der Waals surface area contributed by atoms with E-state index in [0.29, 0.717) is 11.4 Å². The molecule has 0 aliphatic heterocycles. The average molecular weight is 402 g/mol. The fourth-order valence-corrected chi connectivity index (χ4v) is 2.98. The molecule has 0 aliphatic carbocycles. The highest BCUT2D eigenvalue weighted by atomic mass is 79.9. The Bertz CT molecular complexity index is 633. The maximum absolute atomic E-state index is 5.80. The van der Waals surface area contributed by atoms with E-state index in [1.165, 1.54) is 0 Å². The summed E-state index contributed by atoms with van der Waals surface area (Å²) in [5.41, 5.74) is 8.16. The lowest BCUT2D eigenvalue weighted by Crippen LogP contribution is -1.96. The van der Waals surface area contributed by atoms with Crippen molar-refractivity contribution >= 4 is 48.9 Å². The summed E-state index contributed by atoms with van der Waals surface area (Å²) in [6.07, 6.45) is 0. The molecule has 0 amide bonds. The SMILES string of the molecule is COc1cc(Nc2cc(OC)c(Br)cc2Br)ccc1N. The van der Waals surface area contributed by atoms with Crippen LogP contribution >= 0.6 is 31.9 Å². The van der Waals surface area contributed by atoms with Crippen molar-refractivity contribution in [3.8, 4) is 11.5 Å². The van der Waals surface area contributed by atoms with Crippen LogP contribution in [-0.4, -0.2) is 14.2 Å².